The van der Waals surface area contributed by atoms with Crippen molar-refractivity contribution in [2.75, 3.05) is 26.2 Å². The van der Waals surface area contributed by atoms with Crippen molar-refractivity contribution >= 4 is 5.69 Å². The molecule has 1 aromatic carbocycles. The maximum Gasteiger partial charge on any atom is 0.272 e. The third kappa shape index (κ3) is 4.79. The molecule has 1 unspecified atom stereocenters. The fourth-order valence-electron chi connectivity index (χ4n) is 3.01. The van der Waals surface area contributed by atoms with Gasteiger partial charge in [0, 0.05) is 30.8 Å². The highest BCUT2D eigenvalue weighted by atomic mass is 16.6. The Labute approximate surface area is 126 Å². The van der Waals surface area contributed by atoms with E-state index in [9.17, 15) is 10.1 Å². The van der Waals surface area contributed by atoms with Crippen LogP contribution in [0.3, 0.4) is 0 Å². The number of nitrogens with one attached hydrogen (secondary N) is 1. The Morgan fingerprint density at radius 3 is 2.86 bits per heavy atom. The van der Waals surface area contributed by atoms with E-state index in [2.05, 4.69) is 17.1 Å². The molecule has 1 atom stereocenters. The molecule has 1 N–H and O–H groups in total. The second-order valence-corrected chi connectivity index (χ2v) is 5.73. The molecule has 1 aliphatic rings. The van der Waals surface area contributed by atoms with Gasteiger partial charge in [-0.05, 0) is 38.8 Å². The number of benzene rings is 1. The number of para-hydroxylation sites is 1. The molecule has 0 amide bonds. The van der Waals surface area contributed by atoms with Gasteiger partial charge in [-0.3, -0.25) is 10.1 Å². The van der Waals surface area contributed by atoms with E-state index in [1.54, 1.807) is 12.1 Å². The van der Waals surface area contributed by atoms with Crippen LogP contribution in [0.25, 0.3) is 0 Å². The molecule has 1 heterocycles. The predicted molar refractivity (Wildman–Crippen MR) is 84.6 cm³/mol. The van der Waals surface area contributed by atoms with E-state index in [0.717, 1.165) is 44.6 Å². The molecule has 1 saturated heterocycles. The van der Waals surface area contributed by atoms with Gasteiger partial charge in [-0.25, -0.2) is 0 Å². The van der Waals surface area contributed by atoms with E-state index in [1.807, 2.05) is 12.1 Å². The molecule has 21 heavy (non-hydrogen) atoms. The molecule has 1 aliphatic heterocycles. The van der Waals surface area contributed by atoms with Gasteiger partial charge in [0.15, 0.2) is 0 Å². The van der Waals surface area contributed by atoms with E-state index < -0.39 is 0 Å². The first-order chi connectivity index (χ1) is 10.2. The van der Waals surface area contributed by atoms with Crippen molar-refractivity contribution in [1.29, 1.82) is 0 Å². The van der Waals surface area contributed by atoms with Crippen LogP contribution in [0.2, 0.25) is 0 Å². The van der Waals surface area contributed by atoms with Crippen molar-refractivity contribution in [3.05, 3.63) is 39.9 Å². The molecule has 2 rings (SSSR count). The molecule has 1 aromatic rings. The summed E-state index contributed by atoms with van der Waals surface area (Å²) in [5, 5.41) is 14.6. The van der Waals surface area contributed by atoms with Crippen LogP contribution in [0.15, 0.2) is 24.3 Å². The molecule has 0 aliphatic carbocycles. The minimum absolute atomic E-state index is 0.243. The first-order valence-corrected chi connectivity index (χ1v) is 7.88. The Morgan fingerprint density at radius 1 is 1.38 bits per heavy atom. The van der Waals surface area contributed by atoms with E-state index in [-0.39, 0.29) is 10.6 Å². The standard InChI is InChI=1S/C16H25N3O2/c1-2-11-18(13-15-7-5-10-17-15)12-9-14-6-3-4-8-16(14)19(20)21/h3-4,6,8,15,17H,2,5,7,9-13H2,1H3. The monoisotopic (exact) mass is 291 g/mol. The average Bonchev–Trinajstić information content (AvgIpc) is 2.98. The summed E-state index contributed by atoms with van der Waals surface area (Å²) in [6.07, 6.45) is 4.36. The Balaban J connectivity index is 1.93. The van der Waals surface area contributed by atoms with Crippen LogP contribution in [-0.4, -0.2) is 42.0 Å². The molecule has 5 nitrogen and oxygen atoms in total. The zero-order valence-corrected chi connectivity index (χ0v) is 12.8. The molecule has 0 aromatic heterocycles. The van der Waals surface area contributed by atoms with Crippen molar-refractivity contribution in [3.8, 4) is 0 Å². The fraction of sp³-hybridized carbons (Fsp3) is 0.625. The molecule has 0 saturated carbocycles. The summed E-state index contributed by atoms with van der Waals surface area (Å²) < 4.78 is 0. The molecule has 116 valence electrons. The summed E-state index contributed by atoms with van der Waals surface area (Å²) in [4.78, 5) is 13.2. The van der Waals surface area contributed by atoms with Crippen LogP contribution >= 0.6 is 0 Å². The zero-order chi connectivity index (χ0) is 15.1. The van der Waals surface area contributed by atoms with Gasteiger partial charge in [-0.15, -0.1) is 0 Å². The van der Waals surface area contributed by atoms with Gasteiger partial charge in [0.1, 0.15) is 0 Å². The van der Waals surface area contributed by atoms with Crippen LogP contribution in [0.4, 0.5) is 5.69 Å². The van der Waals surface area contributed by atoms with E-state index in [1.165, 1.54) is 12.8 Å². The zero-order valence-electron chi connectivity index (χ0n) is 12.8. The van der Waals surface area contributed by atoms with Crippen LogP contribution in [0.1, 0.15) is 31.7 Å². The summed E-state index contributed by atoms with van der Waals surface area (Å²) in [7, 11) is 0. The van der Waals surface area contributed by atoms with Gasteiger partial charge in [0.2, 0.25) is 0 Å². The Kier molecular flexibility index (Phi) is 6.14. The van der Waals surface area contributed by atoms with Gasteiger partial charge in [0.25, 0.3) is 5.69 Å². The van der Waals surface area contributed by atoms with Crippen molar-refractivity contribution < 1.29 is 4.92 Å². The largest absolute Gasteiger partial charge is 0.313 e. The quantitative estimate of drug-likeness (QED) is 0.591. The molecule has 1 fully saturated rings. The normalized spacial score (nSPS) is 18.3. The van der Waals surface area contributed by atoms with Crippen LogP contribution in [0.5, 0.6) is 0 Å². The first kappa shape index (κ1) is 15.9. The summed E-state index contributed by atoms with van der Waals surface area (Å²) >= 11 is 0. The Morgan fingerprint density at radius 2 is 2.19 bits per heavy atom. The molecule has 0 spiro atoms. The first-order valence-electron chi connectivity index (χ1n) is 7.88. The maximum absolute atomic E-state index is 11.1. The lowest BCUT2D eigenvalue weighted by Crippen LogP contribution is -2.39. The second kappa shape index (κ2) is 8.10. The van der Waals surface area contributed by atoms with Gasteiger partial charge in [-0.2, -0.15) is 0 Å². The van der Waals surface area contributed by atoms with E-state index in [4.69, 9.17) is 0 Å². The lowest BCUT2D eigenvalue weighted by atomic mass is 10.1. The third-order valence-electron chi connectivity index (χ3n) is 4.07. The number of rotatable bonds is 8. The smallest absolute Gasteiger partial charge is 0.272 e. The van der Waals surface area contributed by atoms with Crippen molar-refractivity contribution in [1.82, 2.24) is 10.2 Å². The van der Waals surface area contributed by atoms with Crippen molar-refractivity contribution in [2.45, 2.75) is 38.6 Å². The highest BCUT2D eigenvalue weighted by Crippen LogP contribution is 2.18. The lowest BCUT2D eigenvalue weighted by molar-refractivity contribution is -0.385. The maximum atomic E-state index is 11.1. The van der Waals surface area contributed by atoms with Gasteiger partial charge in [-0.1, -0.05) is 25.1 Å². The SMILES string of the molecule is CCCN(CCc1ccccc1[N+](=O)[O-])CC1CCCN1. The summed E-state index contributed by atoms with van der Waals surface area (Å²) in [5.41, 5.74) is 1.08. The fourth-order valence-corrected chi connectivity index (χ4v) is 3.01. The highest BCUT2D eigenvalue weighted by molar-refractivity contribution is 5.39. The van der Waals surface area contributed by atoms with Crippen molar-refractivity contribution in [2.24, 2.45) is 0 Å². The van der Waals surface area contributed by atoms with Gasteiger partial charge in [0.05, 0.1) is 4.92 Å². The third-order valence-corrected chi connectivity index (χ3v) is 4.07. The molecule has 0 radical (unpaired) electrons. The van der Waals surface area contributed by atoms with Crippen LogP contribution < -0.4 is 5.32 Å². The number of nitro groups is 1. The number of hydrogen-bond acceptors (Lipinski definition) is 4. The summed E-state index contributed by atoms with van der Waals surface area (Å²) in [6, 6.07) is 7.66. The lowest BCUT2D eigenvalue weighted by Gasteiger charge is -2.25. The molecule has 5 heteroatoms. The van der Waals surface area contributed by atoms with E-state index >= 15 is 0 Å². The Bertz CT molecular complexity index is 459. The summed E-state index contributed by atoms with van der Waals surface area (Å²) in [5.74, 6) is 0. The number of hydrogen-bond donors (Lipinski definition) is 1. The number of nitro benzene ring substituents is 1. The van der Waals surface area contributed by atoms with Gasteiger partial charge < -0.3 is 10.2 Å². The van der Waals surface area contributed by atoms with Crippen LogP contribution in [-0.2, 0) is 6.42 Å². The minimum Gasteiger partial charge on any atom is -0.313 e. The topological polar surface area (TPSA) is 58.4 Å². The minimum atomic E-state index is -0.280. The Hall–Kier alpha value is -1.46. The summed E-state index contributed by atoms with van der Waals surface area (Å²) in [6.45, 7) is 6.29. The molecular formula is C16H25N3O2. The van der Waals surface area contributed by atoms with Gasteiger partial charge >= 0.3 is 0 Å². The van der Waals surface area contributed by atoms with Crippen LogP contribution in [0, 0.1) is 10.1 Å². The second-order valence-electron chi connectivity index (χ2n) is 5.73. The molecule has 0 bridgehead atoms. The van der Waals surface area contributed by atoms with Crippen molar-refractivity contribution in [3.63, 3.8) is 0 Å². The average molecular weight is 291 g/mol. The van der Waals surface area contributed by atoms with E-state index in [0.29, 0.717) is 6.04 Å². The highest BCUT2D eigenvalue weighted by Gasteiger charge is 2.18. The predicted octanol–water partition coefficient (Wildman–Crippen LogP) is 2.60. The molecular weight excluding hydrogens is 266 g/mol. The number of nitrogens with zero attached hydrogens (tertiary/aromatic N) is 2.